The molecule has 0 amide bonds. The van der Waals surface area contributed by atoms with Gasteiger partial charge in [-0.25, -0.2) is 4.98 Å². The number of hydrogen-bond acceptors (Lipinski definition) is 5. The summed E-state index contributed by atoms with van der Waals surface area (Å²) in [6.45, 7) is 14.0. The van der Waals surface area contributed by atoms with E-state index in [9.17, 15) is 0 Å². The van der Waals surface area contributed by atoms with Crippen LogP contribution in [0, 0.1) is 0 Å². The predicted octanol–water partition coefficient (Wildman–Crippen LogP) is 1.52. The van der Waals surface area contributed by atoms with E-state index in [-0.39, 0.29) is 5.41 Å². The minimum Gasteiger partial charge on any atom is -0.329 e. The quantitative estimate of drug-likeness (QED) is 0.909. The fourth-order valence-corrected chi connectivity index (χ4v) is 3.21. The van der Waals surface area contributed by atoms with Crippen molar-refractivity contribution in [1.29, 1.82) is 0 Å². The van der Waals surface area contributed by atoms with Crippen LogP contribution in [0.4, 0.5) is 0 Å². The minimum atomic E-state index is 0.169. The molecule has 108 valence electrons. The Morgan fingerprint density at radius 1 is 1.21 bits per heavy atom. The highest BCUT2D eigenvalue weighted by atomic mass is 32.1. The molecule has 0 radical (unpaired) electrons. The molecule has 2 heterocycles. The molecule has 1 saturated heterocycles. The highest BCUT2D eigenvalue weighted by molar-refractivity contribution is 7.09. The second kappa shape index (κ2) is 6.31. The van der Waals surface area contributed by atoms with E-state index in [0.717, 1.165) is 45.8 Å². The van der Waals surface area contributed by atoms with Gasteiger partial charge in [0.15, 0.2) is 0 Å². The molecule has 2 rings (SSSR count). The molecule has 0 unspecified atom stereocenters. The summed E-state index contributed by atoms with van der Waals surface area (Å²) in [5.74, 6) is 0. The van der Waals surface area contributed by atoms with Crippen LogP contribution in [0.2, 0.25) is 0 Å². The van der Waals surface area contributed by atoms with Crippen molar-refractivity contribution in [3.05, 3.63) is 16.1 Å². The van der Waals surface area contributed by atoms with Crippen LogP contribution >= 0.6 is 11.3 Å². The van der Waals surface area contributed by atoms with Gasteiger partial charge in [0.1, 0.15) is 0 Å². The molecule has 0 saturated carbocycles. The Hall–Kier alpha value is -0.490. The lowest BCUT2D eigenvalue weighted by Crippen LogP contribution is -2.47. The van der Waals surface area contributed by atoms with Crippen molar-refractivity contribution in [2.75, 3.05) is 39.3 Å². The maximum atomic E-state index is 5.60. The molecule has 1 aliphatic rings. The number of piperazine rings is 1. The normalized spacial score (nSPS) is 18.9. The van der Waals surface area contributed by atoms with E-state index in [1.54, 1.807) is 11.3 Å². The molecule has 0 aromatic carbocycles. The van der Waals surface area contributed by atoms with Gasteiger partial charge in [-0.3, -0.25) is 9.80 Å². The zero-order chi connectivity index (χ0) is 13.9. The van der Waals surface area contributed by atoms with E-state index in [1.165, 1.54) is 10.7 Å². The zero-order valence-electron chi connectivity index (χ0n) is 12.4. The number of nitrogens with two attached hydrogens (primary N) is 1. The molecule has 0 bridgehead atoms. The summed E-state index contributed by atoms with van der Waals surface area (Å²) >= 11 is 1.79. The molecule has 1 aromatic rings. The highest BCUT2D eigenvalue weighted by Crippen LogP contribution is 2.26. The minimum absolute atomic E-state index is 0.169. The number of thiazole rings is 1. The van der Waals surface area contributed by atoms with Crippen LogP contribution in [0.15, 0.2) is 5.38 Å². The molecule has 5 heteroatoms. The van der Waals surface area contributed by atoms with Gasteiger partial charge in [0, 0.05) is 56.6 Å². The molecule has 19 heavy (non-hydrogen) atoms. The first-order valence-electron chi connectivity index (χ1n) is 7.08. The molecular formula is C14H26N4S. The van der Waals surface area contributed by atoms with E-state index in [2.05, 4.69) is 36.0 Å². The van der Waals surface area contributed by atoms with Crippen molar-refractivity contribution >= 4 is 11.3 Å². The Morgan fingerprint density at radius 3 is 2.37 bits per heavy atom. The van der Waals surface area contributed by atoms with Crippen LogP contribution in [-0.4, -0.2) is 54.1 Å². The van der Waals surface area contributed by atoms with Gasteiger partial charge in [0.05, 0.1) is 10.7 Å². The predicted molar refractivity (Wildman–Crippen MR) is 81.6 cm³/mol. The van der Waals surface area contributed by atoms with Gasteiger partial charge < -0.3 is 5.73 Å². The number of nitrogens with zero attached hydrogens (tertiary/aromatic N) is 3. The van der Waals surface area contributed by atoms with Crippen molar-refractivity contribution < 1.29 is 0 Å². The van der Waals surface area contributed by atoms with E-state index in [4.69, 9.17) is 10.7 Å². The van der Waals surface area contributed by atoms with E-state index in [0.29, 0.717) is 0 Å². The van der Waals surface area contributed by atoms with Gasteiger partial charge in [-0.05, 0) is 0 Å². The lowest BCUT2D eigenvalue weighted by molar-refractivity contribution is 0.129. The summed E-state index contributed by atoms with van der Waals surface area (Å²) in [7, 11) is 0. The molecule has 1 aliphatic heterocycles. The average molecular weight is 282 g/mol. The Morgan fingerprint density at radius 2 is 1.84 bits per heavy atom. The van der Waals surface area contributed by atoms with Crippen molar-refractivity contribution in [1.82, 2.24) is 14.8 Å². The van der Waals surface area contributed by atoms with Crippen LogP contribution < -0.4 is 5.73 Å². The van der Waals surface area contributed by atoms with Gasteiger partial charge in [-0.2, -0.15) is 0 Å². The van der Waals surface area contributed by atoms with Crippen LogP contribution in [0.5, 0.6) is 0 Å². The Bertz CT molecular complexity index is 388. The summed E-state index contributed by atoms with van der Waals surface area (Å²) in [6.07, 6.45) is 0. The van der Waals surface area contributed by atoms with Gasteiger partial charge in [-0.1, -0.05) is 20.8 Å². The van der Waals surface area contributed by atoms with E-state index < -0.39 is 0 Å². The molecule has 0 aliphatic carbocycles. The number of rotatable bonds is 4. The first kappa shape index (κ1) is 14.9. The third kappa shape index (κ3) is 4.24. The summed E-state index contributed by atoms with van der Waals surface area (Å²) in [5.41, 5.74) is 6.99. The van der Waals surface area contributed by atoms with Crippen LogP contribution in [-0.2, 0) is 12.0 Å². The largest absolute Gasteiger partial charge is 0.329 e. The molecule has 0 atom stereocenters. The fraction of sp³-hybridized carbons (Fsp3) is 0.786. The summed E-state index contributed by atoms with van der Waals surface area (Å²) < 4.78 is 0. The first-order valence-corrected chi connectivity index (χ1v) is 7.96. The lowest BCUT2D eigenvalue weighted by Gasteiger charge is -2.34. The van der Waals surface area contributed by atoms with Gasteiger partial charge >= 0.3 is 0 Å². The standard InChI is InChI=1S/C14H26N4S/c1-14(2,3)13-16-12(11-19-13)10-18-8-6-17(5-4-15)7-9-18/h11H,4-10,15H2,1-3H3. The lowest BCUT2D eigenvalue weighted by atomic mass is 9.98. The Labute approximate surface area is 120 Å². The van der Waals surface area contributed by atoms with Crippen molar-refractivity contribution in [3.8, 4) is 0 Å². The average Bonchev–Trinajstić information content (AvgIpc) is 2.80. The van der Waals surface area contributed by atoms with E-state index >= 15 is 0 Å². The Kier molecular flexibility index (Phi) is 4.95. The molecule has 1 fully saturated rings. The van der Waals surface area contributed by atoms with Crippen LogP contribution in [0.1, 0.15) is 31.5 Å². The zero-order valence-corrected chi connectivity index (χ0v) is 13.2. The molecular weight excluding hydrogens is 256 g/mol. The maximum Gasteiger partial charge on any atom is 0.0982 e. The fourth-order valence-electron chi connectivity index (χ4n) is 2.31. The third-order valence-electron chi connectivity index (χ3n) is 3.49. The van der Waals surface area contributed by atoms with Crippen LogP contribution in [0.3, 0.4) is 0 Å². The smallest absolute Gasteiger partial charge is 0.0982 e. The summed E-state index contributed by atoms with van der Waals surface area (Å²) in [5, 5.41) is 3.46. The Balaban J connectivity index is 1.84. The number of hydrogen-bond donors (Lipinski definition) is 1. The van der Waals surface area contributed by atoms with Crippen molar-refractivity contribution in [2.24, 2.45) is 5.73 Å². The first-order chi connectivity index (χ1) is 8.99. The molecule has 2 N–H and O–H groups in total. The number of aromatic nitrogens is 1. The summed E-state index contributed by atoms with van der Waals surface area (Å²) in [6, 6.07) is 0. The van der Waals surface area contributed by atoms with Crippen LogP contribution in [0.25, 0.3) is 0 Å². The SMILES string of the molecule is CC(C)(C)c1nc(CN2CCN(CCN)CC2)cs1. The van der Waals surface area contributed by atoms with Gasteiger partial charge in [0.25, 0.3) is 0 Å². The summed E-state index contributed by atoms with van der Waals surface area (Å²) in [4.78, 5) is 9.71. The molecule has 4 nitrogen and oxygen atoms in total. The monoisotopic (exact) mass is 282 g/mol. The molecule has 0 spiro atoms. The maximum absolute atomic E-state index is 5.60. The van der Waals surface area contributed by atoms with Crippen molar-refractivity contribution in [3.63, 3.8) is 0 Å². The van der Waals surface area contributed by atoms with Gasteiger partial charge in [0.2, 0.25) is 0 Å². The highest BCUT2D eigenvalue weighted by Gasteiger charge is 2.20. The van der Waals surface area contributed by atoms with E-state index in [1.807, 2.05) is 0 Å². The third-order valence-corrected chi connectivity index (χ3v) is 4.81. The van der Waals surface area contributed by atoms with Gasteiger partial charge in [-0.15, -0.1) is 11.3 Å². The van der Waals surface area contributed by atoms with Crippen molar-refractivity contribution in [2.45, 2.75) is 32.7 Å². The molecule has 1 aromatic heterocycles. The topological polar surface area (TPSA) is 45.4 Å². The second-order valence-electron chi connectivity index (χ2n) is 6.30. The second-order valence-corrected chi connectivity index (χ2v) is 7.16.